The number of fused-ring (bicyclic) bond motifs is 2. The molecule has 0 atom stereocenters. The number of aromatic nitrogens is 3. The lowest BCUT2D eigenvalue weighted by Gasteiger charge is -2.43. The smallest absolute Gasteiger partial charge is 0.269 e. The van der Waals surface area contributed by atoms with E-state index < -0.39 is 5.91 Å². The van der Waals surface area contributed by atoms with E-state index in [1.54, 1.807) is 24.4 Å². The first-order chi connectivity index (χ1) is 14.0. The van der Waals surface area contributed by atoms with Gasteiger partial charge in [0.05, 0.1) is 30.0 Å². The molecule has 2 aliphatic heterocycles. The number of halogens is 1. The zero-order chi connectivity index (χ0) is 20.0. The van der Waals surface area contributed by atoms with E-state index in [1.165, 1.54) is 6.07 Å². The second kappa shape index (κ2) is 6.89. The molecule has 7 nitrogen and oxygen atoms in total. The van der Waals surface area contributed by atoms with Gasteiger partial charge in [-0.2, -0.15) is 5.10 Å². The van der Waals surface area contributed by atoms with Gasteiger partial charge in [0.15, 0.2) is 0 Å². The van der Waals surface area contributed by atoms with Crippen LogP contribution in [0.1, 0.15) is 34.6 Å². The van der Waals surface area contributed by atoms with E-state index in [9.17, 15) is 9.18 Å². The van der Waals surface area contributed by atoms with Gasteiger partial charge in [-0.25, -0.2) is 4.39 Å². The standard InChI is InChI=1S/C21H22FN5O2/c22-17-4-3-14(19-16(17)2-1-7-24-19)11-26-8-5-21(6-9-26)13-27-15(12-29-21)10-18(25-27)20(23)28/h1-4,7,10H,5-6,8-9,11-13H2,(H2,23,28). The number of carbonyl (C=O) groups excluding carboxylic acids is 1. The number of nitrogens with zero attached hydrogens (tertiary/aromatic N) is 4. The number of likely N-dealkylation sites (tertiary alicyclic amines) is 1. The van der Waals surface area contributed by atoms with Crippen molar-refractivity contribution in [2.75, 3.05) is 13.1 Å². The highest BCUT2D eigenvalue weighted by molar-refractivity contribution is 5.90. The fourth-order valence-electron chi connectivity index (χ4n) is 4.36. The number of primary amides is 1. The molecule has 8 heteroatoms. The van der Waals surface area contributed by atoms with Crippen molar-refractivity contribution in [2.24, 2.45) is 5.73 Å². The molecule has 0 unspecified atom stereocenters. The molecule has 2 aromatic heterocycles. The van der Waals surface area contributed by atoms with Crippen LogP contribution in [0, 0.1) is 5.82 Å². The molecule has 1 amide bonds. The van der Waals surface area contributed by atoms with Crippen LogP contribution >= 0.6 is 0 Å². The fraction of sp³-hybridized carbons (Fsp3) is 0.381. The van der Waals surface area contributed by atoms with Crippen LogP contribution in [0.25, 0.3) is 10.9 Å². The third-order valence-electron chi connectivity index (χ3n) is 6.04. The SMILES string of the molecule is NC(=O)c1cc2n(n1)CC1(CCN(Cc3ccc(F)c4cccnc34)CC1)OC2. The molecule has 5 rings (SSSR count). The molecule has 1 saturated heterocycles. The highest BCUT2D eigenvalue weighted by Gasteiger charge is 2.39. The molecule has 1 aromatic carbocycles. The third-order valence-corrected chi connectivity index (χ3v) is 6.04. The van der Waals surface area contributed by atoms with Crippen LogP contribution in [0.4, 0.5) is 4.39 Å². The maximum Gasteiger partial charge on any atom is 0.269 e. The molecule has 1 fully saturated rings. The Morgan fingerprint density at radius 2 is 2.10 bits per heavy atom. The molecule has 4 heterocycles. The van der Waals surface area contributed by atoms with Gasteiger partial charge in [-0.05, 0) is 42.7 Å². The topological polar surface area (TPSA) is 86.3 Å². The third kappa shape index (κ3) is 3.28. The maximum atomic E-state index is 14.0. The van der Waals surface area contributed by atoms with Gasteiger partial charge in [0.25, 0.3) is 5.91 Å². The van der Waals surface area contributed by atoms with Gasteiger partial charge in [-0.3, -0.25) is 19.4 Å². The molecule has 1 spiro atoms. The molecule has 2 aliphatic rings. The van der Waals surface area contributed by atoms with Crippen LogP contribution in [0.15, 0.2) is 36.5 Å². The van der Waals surface area contributed by atoms with E-state index in [0.717, 1.165) is 49.2 Å². The molecular weight excluding hydrogens is 373 g/mol. The summed E-state index contributed by atoms with van der Waals surface area (Å²) in [5.41, 5.74) is 8.00. The second-order valence-electron chi connectivity index (χ2n) is 7.90. The highest BCUT2D eigenvalue weighted by Crippen LogP contribution is 2.34. The lowest BCUT2D eigenvalue weighted by atomic mass is 9.89. The maximum absolute atomic E-state index is 14.0. The number of benzene rings is 1. The van der Waals surface area contributed by atoms with E-state index in [-0.39, 0.29) is 17.1 Å². The summed E-state index contributed by atoms with van der Waals surface area (Å²) in [5.74, 6) is -0.758. The molecule has 3 aromatic rings. The minimum atomic E-state index is -0.518. The van der Waals surface area contributed by atoms with Gasteiger partial charge < -0.3 is 10.5 Å². The Morgan fingerprint density at radius 1 is 1.28 bits per heavy atom. The van der Waals surface area contributed by atoms with E-state index in [4.69, 9.17) is 10.5 Å². The van der Waals surface area contributed by atoms with Gasteiger partial charge in [-0.15, -0.1) is 0 Å². The van der Waals surface area contributed by atoms with Crippen LogP contribution < -0.4 is 5.73 Å². The molecule has 0 aliphatic carbocycles. The molecule has 0 bridgehead atoms. The van der Waals surface area contributed by atoms with Crippen LogP contribution in [0.5, 0.6) is 0 Å². The molecule has 150 valence electrons. The molecule has 0 radical (unpaired) electrons. The second-order valence-corrected chi connectivity index (χ2v) is 7.90. The van der Waals surface area contributed by atoms with E-state index in [0.29, 0.717) is 18.5 Å². The van der Waals surface area contributed by atoms with Crippen LogP contribution in [-0.2, 0) is 24.4 Å². The van der Waals surface area contributed by atoms with Gasteiger partial charge in [0.1, 0.15) is 11.5 Å². The van der Waals surface area contributed by atoms with Crippen molar-refractivity contribution in [1.29, 1.82) is 0 Å². The predicted molar refractivity (Wildman–Crippen MR) is 104 cm³/mol. The summed E-state index contributed by atoms with van der Waals surface area (Å²) in [7, 11) is 0. The van der Waals surface area contributed by atoms with Gasteiger partial charge in [0.2, 0.25) is 0 Å². The first kappa shape index (κ1) is 18.2. The summed E-state index contributed by atoms with van der Waals surface area (Å²) in [5, 5.41) is 4.89. The van der Waals surface area contributed by atoms with Gasteiger partial charge >= 0.3 is 0 Å². The monoisotopic (exact) mass is 395 g/mol. The fourth-order valence-corrected chi connectivity index (χ4v) is 4.36. The number of hydrogen-bond acceptors (Lipinski definition) is 5. The first-order valence-corrected chi connectivity index (χ1v) is 9.78. The average molecular weight is 395 g/mol. The first-order valence-electron chi connectivity index (χ1n) is 9.78. The molecule has 2 N–H and O–H groups in total. The number of amides is 1. The number of carbonyl (C=O) groups is 1. The minimum Gasteiger partial charge on any atom is -0.367 e. The van der Waals surface area contributed by atoms with Crippen molar-refractivity contribution in [3.8, 4) is 0 Å². The quantitative estimate of drug-likeness (QED) is 0.735. The summed E-state index contributed by atoms with van der Waals surface area (Å²) < 4.78 is 22.1. The Kier molecular flexibility index (Phi) is 4.33. The summed E-state index contributed by atoms with van der Waals surface area (Å²) in [6, 6.07) is 8.58. The van der Waals surface area contributed by atoms with Crippen LogP contribution in [0.2, 0.25) is 0 Å². The van der Waals surface area contributed by atoms with E-state index in [1.807, 2.05) is 10.7 Å². The molecular formula is C21H22FN5O2. The Hall–Kier alpha value is -2.84. The Bertz CT molecular complexity index is 1090. The molecule has 29 heavy (non-hydrogen) atoms. The van der Waals surface area contributed by atoms with Crippen molar-refractivity contribution in [3.05, 3.63) is 59.3 Å². The van der Waals surface area contributed by atoms with Crippen LogP contribution in [0.3, 0.4) is 0 Å². The number of nitrogens with two attached hydrogens (primary N) is 1. The number of hydrogen-bond donors (Lipinski definition) is 1. The van der Waals surface area contributed by atoms with E-state index >= 15 is 0 Å². The van der Waals surface area contributed by atoms with Crippen molar-refractivity contribution < 1.29 is 13.9 Å². The summed E-state index contributed by atoms with van der Waals surface area (Å²) in [6.07, 6.45) is 3.43. The number of rotatable bonds is 3. The van der Waals surface area contributed by atoms with Crippen molar-refractivity contribution >= 4 is 16.8 Å². The van der Waals surface area contributed by atoms with Crippen molar-refractivity contribution in [2.45, 2.75) is 38.1 Å². The summed E-state index contributed by atoms with van der Waals surface area (Å²) in [6.45, 7) is 3.52. The average Bonchev–Trinajstić information content (AvgIpc) is 3.15. The number of pyridine rings is 1. The zero-order valence-corrected chi connectivity index (χ0v) is 16.0. The van der Waals surface area contributed by atoms with Gasteiger partial charge in [0, 0.05) is 31.2 Å². The summed E-state index contributed by atoms with van der Waals surface area (Å²) >= 11 is 0. The number of ether oxygens (including phenoxy) is 1. The zero-order valence-electron chi connectivity index (χ0n) is 16.0. The number of piperidine rings is 1. The van der Waals surface area contributed by atoms with Crippen molar-refractivity contribution in [3.63, 3.8) is 0 Å². The van der Waals surface area contributed by atoms with E-state index in [2.05, 4.69) is 15.0 Å². The van der Waals surface area contributed by atoms with Gasteiger partial charge in [-0.1, -0.05) is 6.07 Å². The lowest BCUT2D eigenvalue weighted by molar-refractivity contribution is -0.124. The Morgan fingerprint density at radius 3 is 2.90 bits per heavy atom. The minimum absolute atomic E-state index is 0.240. The molecule has 0 saturated carbocycles. The predicted octanol–water partition coefficient (Wildman–Crippen LogP) is 2.23. The van der Waals surface area contributed by atoms with Crippen LogP contribution in [-0.4, -0.2) is 44.3 Å². The Labute approximate surface area is 167 Å². The van der Waals surface area contributed by atoms with Crippen molar-refractivity contribution in [1.82, 2.24) is 19.7 Å². The summed E-state index contributed by atoms with van der Waals surface area (Å²) in [4.78, 5) is 18.1. The normalized spacial score (nSPS) is 18.8. The largest absolute Gasteiger partial charge is 0.367 e. The highest BCUT2D eigenvalue weighted by atomic mass is 19.1. The lowest BCUT2D eigenvalue weighted by Crippen LogP contribution is -2.50. The Balaban J connectivity index is 1.29.